The molecule has 1 aromatic rings. The molecule has 1 heterocycles. The smallest absolute Gasteiger partial charge is 0.233 e. The lowest BCUT2D eigenvalue weighted by molar-refractivity contribution is -0.157. The van der Waals surface area contributed by atoms with Gasteiger partial charge in [-0.15, -0.1) is 6.58 Å². The fraction of sp³-hybridized carbons (Fsp3) is 0.444. The third-order valence-corrected chi connectivity index (χ3v) is 5.02. The maximum atomic E-state index is 12.8. The van der Waals surface area contributed by atoms with Gasteiger partial charge in [0.05, 0.1) is 0 Å². The van der Waals surface area contributed by atoms with E-state index in [1.54, 1.807) is 6.08 Å². The molecule has 21 heavy (non-hydrogen) atoms. The van der Waals surface area contributed by atoms with Gasteiger partial charge in [0.2, 0.25) is 11.8 Å². The van der Waals surface area contributed by atoms with Crippen LogP contribution in [0.5, 0.6) is 0 Å². The summed E-state index contributed by atoms with van der Waals surface area (Å²) in [7, 11) is 0. The summed E-state index contributed by atoms with van der Waals surface area (Å²) in [4.78, 5) is 26.7. The van der Waals surface area contributed by atoms with E-state index in [-0.39, 0.29) is 23.1 Å². The van der Waals surface area contributed by atoms with E-state index >= 15 is 0 Å². The Hall–Kier alpha value is -1.90. The van der Waals surface area contributed by atoms with Crippen LogP contribution < -0.4 is 0 Å². The van der Waals surface area contributed by atoms with Crippen LogP contribution >= 0.6 is 0 Å². The minimum atomic E-state index is -0.286. The number of benzene rings is 1. The first-order valence-corrected chi connectivity index (χ1v) is 7.70. The van der Waals surface area contributed by atoms with Crippen LogP contribution in [0.2, 0.25) is 0 Å². The summed E-state index contributed by atoms with van der Waals surface area (Å²) in [5, 5.41) is 0. The summed E-state index contributed by atoms with van der Waals surface area (Å²) < 4.78 is 0. The molecule has 0 aromatic heterocycles. The summed E-state index contributed by atoms with van der Waals surface area (Å²) in [6, 6.07) is 10.1. The Morgan fingerprint density at radius 2 is 2.00 bits per heavy atom. The molecule has 0 spiro atoms. The number of hydrogen-bond acceptors (Lipinski definition) is 2. The first-order chi connectivity index (χ1) is 10.2. The van der Waals surface area contributed by atoms with Crippen LogP contribution in [-0.2, 0) is 15.0 Å². The van der Waals surface area contributed by atoms with Crippen molar-refractivity contribution < 1.29 is 9.59 Å². The molecule has 1 aliphatic heterocycles. The van der Waals surface area contributed by atoms with E-state index in [4.69, 9.17) is 0 Å². The third-order valence-electron chi connectivity index (χ3n) is 5.02. The highest BCUT2D eigenvalue weighted by molar-refractivity contribution is 6.01. The van der Waals surface area contributed by atoms with Crippen molar-refractivity contribution in [3.05, 3.63) is 48.6 Å². The van der Waals surface area contributed by atoms with E-state index in [2.05, 4.69) is 18.7 Å². The van der Waals surface area contributed by atoms with Gasteiger partial charge >= 0.3 is 0 Å². The Kier molecular flexibility index (Phi) is 3.66. The summed E-state index contributed by atoms with van der Waals surface area (Å²) >= 11 is 0. The van der Waals surface area contributed by atoms with Gasteiger partial charge in [0.25, 0.3) is 0 Å². The average molecular weight is 283 g/mol. The Morgan fingerprint density at radius 3 is 2.71 bits per heavy atom. The van der Waals surface area contributed by atoms with Crippen LogP contribution in [-0.4, -0.2) is 23.3 Å². The third kappa shape index (κ3) is 2.21. The van der Waals surface area contributed by atoms with Gasteiger partial charge in [0.1, 0.15) is 0 Å². The minimum absolute atomic E-state index is 0.00490. The molecule has 0 radical (unpaired) electrons. The van der Waals surface area contributed by atoms with Crippen molar-refractivity contribution in [1.82, 2.24) is 4.90 Å². The highest BCUT2D eigenvalue weighted by Gasteiger charge is 2.52. The van der Waals surface area contributed by atoms with Crippen molar-refractivity contribution in [2.45, 2.75) is 37.5 Å². The van der Waals surface area contributed by atoms with Gasteiger partial charge in [-0.1, -0.05) is 49.2 Å². The van der Waals surface area contributed by atoms with Crippen molar-refractivity contribution >= 4 is 11.8 Å². The van der Waals surface area contributed by atoms with Crippen LogP contribution in [0.1, 0.15) is 37.7 Å². The topological polar surface area (TPSA) is 37.4 Å². The normalized spacial score (nSPS) is 29.1. The molecular formula is C18H21NO2. The van der Waals surface area contributed by atoms with Crippen LogP contribution in [0, 0.1) is 5.92 Å². The van der Waals surface area contributed by atoms with E-state index in [1.165, 1.54) is 4.90 Å². The first-order valence-electron chi connectivity index (χ1n) is 7.70. The van der Waals surface area contributed by atoms with Crippen LogP contribution in [0.25, 0.3) is 0 Å². The first kappa shape index (κ1) is 14.1. The number of piperidine rings is 1. The van der Waals surface area contributed by atoms with Crippen LogP contribution in [0.3, 0.4) is 0 Å². The molecular weight excluding hydrogens is 262 g/mol. The number of rotatable bonds is 3. The standard InChI is InChI=1S/C18H21NO2/c1-2-12-19-16(20)13-18(14-8-4-3-5-9-14)11-7-6-10-15(18)17(19)21/h2-5,8-9,15H,1,6-7,10-13H2. The molecule has 2 aliphatic rings. The Morgan fingerprint density at radius 1 is 1.24 bits per heavy atom. The van der Waals surface area contributed by atoms with Gasteiger partial charge in [-0.05, 0) is 18.4 Å². The molecule has 0 bridgehead atoms. The molecule has 3 heteroatoms. The second-order valence-electron chi connectivity index (χ2n) is 6.13. The van der Waals surface area contributed by atoms with Gasteiger partial charge < -0.3 is 0 Å². The van der Waals surface area contributed by atoms with Crippen molar-refractivity contribution in [2.24, 2.45) is 5.92 Å². The predicted octanol–water partition coefficient (Wildman–Crippen LogP) is 3.06. The molecule has 2 atom stereocenters. The van der Waals surface area contributed by atoms with E-state index in [1.807, 2.05) is 18.2 Å². The lowest BCUT2D eigenvalue weighted by Crippen LogP contribution is -2.57. The SMILES string of the molecule is C=CCN1C(=O)CC2(c3ccccc3)CCCCC2C1=O. The monoisotopic (exact) mass is 283 g/mol. The lowest BCUT2D eigenvalue weighted by atomic mass is 9.58. The molecule has 1 aromatic carbocycles. The number of imide groups is 1. The molecule has 110 valence electrons. The number of likely N-dealkylation sites (tertiary alicyclic amines) is 1. The molecule has 2 fully saturated rings. The Labute approximate surface area is 125 Å². The number of amides is 2. The highest BCUT2D eigenvalue weighted by Crippen LogP contribution is 2.49. The molecule has 2 amide bonds. The zero-order valence-electron chi connectivity index (χ0n) is 12.3. The summed E-state index contributed by atoms with van der Waals surface area (Å²) in [5.41, 5.74) is 0.861. The van der Waals surface area contributed by atoms with Crippen LogP contribution in [0.4, 0.5) is 0 Å². The highest BCUT2D eigenvalue weighted by atomic mass is 16.2. The fourth-order valence-electron chi connectivity index (χ4n) is 4.03. The van der Waals surface area contributed by atoms with E-state index < -0.39 is 0 Å². The molecule has 3 rings (SSSR count). The summed E-state index contributed by atoms with van der Waals surface area (Å²) in [5.74, 6) is -0.122. The largest absolute Gasteiger partial charge is 0.278 e. The van der Waals surface area contributed by atoms with E-state index in [9.17, 15) is 9.59 Å². The van der Waals surface area contributed by atoms with Gasteiger partial charge in [-0.25, -0.2) is 0 Å². The second kappa shape index (κ2) is 5.47. The molecule has 1 aliphatic carbocycles. The Bertz CT molecular complexity index is 566. The Balaban J connectivity index is 2.03. The summed E-state index contributed by atoms with van der Waals surface area (Å²) in [6.45, 7) is 3.99. The number of carbonyl (C=O) groups is 2. The predicted molar refractivity (Wildman–Crippen MR) is 81.6 cm³/mol. The van der Waals surface area contributed by atoms with Crippen molar-refractivity contribution in [2.75, 3.05) is 6.54 Å². The minimum Gasteiger partial charge on any atom is -0.278 e. The van der Waals surface area contributed by atoms with Gasteiger partial charge in [-0.3, -0.25) is 14.5 Å². The van der Waals surface area contributed by atoms with Gasteiger partial charge in [0.15, 0.2) is 0 Å². The fourth-order valence-corrected chi connectivity index (χ4v) is 4.03. The molecule has 1 saturated heterocycles. The van der Waals surface area contributed by atoms with Crippen molar-refractivity contribution in [1.29, 1.82) is 0 Å². The zero-order valence-corrected chi connectivity index (χ0v) is 12.3. The quantitative estimate of drug-likeness (QED) is 0.631. The molecule has 2 unspecified atom stereocenters. The number of nitrogens with zero attached hydrogens (tertiary/aromatic N) is 1. The van der Waals surface area contributed by atoms with E-state index in [0.717, 1.165) is 31.2 Å². The van der Waals surface area contributed by atoms with E-state index in [0.29, 0.717) is 13.0 Å². The second-order valence-corrected chi connectivity index (χ2v) is 6.13. The van der Waals surface area contributed by atoms with Crippen molar-refractivity contribution in [3.63, 3.8) is 0 Å². The molecule has 0 N–H and O–H groups in total. The van der Waals surface area contributed by atoms with Gasteiger partial charge in [-0.2, -0.15) is 0 Å². The average Bonchev–Trinajstić information content (AvgIpc) is 2.52. The zero-order chi connectivity index (χ0) is 14.9. The molecule has 3 nitrogen and oxygen atoms in total. The maximum Gasteiger partial charge on any atom is 0.233 e. The maximum absolute atomic E-state index is 12.8. The number of fused-ring (bicyclic) bond motifs is 1. The summed E-state index contributed by atoms with van der Waals surface area (Å²) in [6.07, 6.45) is 6.06. The molecule has 1 saturated carbocycles. The number of carbonyl (C=O) groups excluding carboxylic acids is 2. The van der Waals surface area contributed by atoms with Crippen LogP contribution in [0.15, 0.2) is 43.0 Å². The van der Waals surface area contributed by atoms with Gasteiger partial charge in [0, 0.05) is 24.3 Å². The lowest BCUT2D eigenvalue weighted by Gasteiger charge is -2.49. The van der Waals surface area contributed by atoms with Crippen molar-refractivity contribution in [3.8, 4) is 0 Å². The number of hydrogen-bond donors (Lipinski definition) is 0.